The lowest BCUT2D eigenvalue weighted by Gasteiger charge is -2.27. The summed E-state index contributed by atoms with van der Waals surface area (Å²) in [6, 6.07) is 0. The predicted molar refractivity (Wildman–Crippen MR) is 86.0 cm³/mol. The van der Waals surface area contributed by atoms with Crippen LogP contribution in [0.2, 0.25) is 0 Å². The summed E-state index contributed by atoms with van der Waals surface area (Å²) >= 11 is 0. The molecule has 0 aromatic carbocycles. The first kappa shape index (κ1) is 16.6. The smallest absolute Gasteiger partial charge is 0.166 e. The van der Waals surface area contributed by atoms with Gasteiger partial charge in [0, 0.05) is 18.4 Å². The number of ether oxygens (including phenoxy) is 1. The van der Waals surface area contributed by atoms with Gasteiger partial charge in [0.1, 0.15) is 29.5 Å². The van der Waals surface area contributed by atoms with Crippen molar-refractivity contribution in [2.45, 2.75) is 37.4 Å². The van der Waals surface area contributed by atoms with E-state index < -0.39 is 24.0 Å². The average molecular weight is 336 g/mol. The molecule has 10 heteroatoms. The number of nitrogens with two attached hydrogens (primary N) is 2. The van der Waals surface area contributed by atoms with Crippen LogP contribution in [-0.4, -0.2) is 60.5 Å². The Balaban J connectivity index is 2.14. The zero-order valence-electron chi connectivity index (χ0n) is 13.1. The first-order valence-corrected chi connectivity index (χ1v) is 7.42. The lowest BCUT2D eigenvalue weighted by Crippen LogP contribution is -2.43. The Bertz CT molecular complexity index is 774. The van der Waals surface area contributed by atoms with Crippen LogP contribution < -0.4 is 11.6 Å². The molecule has 0 spiro atoms. The van der Waals surface area contributed by atoms with Crippen molar-refractivity contribution in [3.63, 3.8) is 0 Å². The van der Waals surface area contributed by atoms with E-state index in [2.05, 4.69) is 15.1 Å². The van der Waals surface area contributed by atoms with Crippen LogP contribution in [-0.2, 0) is 4.74 Å². The monoisotopic (exact) mass is 336 g/mol. The molecular formula is C14H20N6O4. The van der Waals surface area contributed by atoms with E-state index in [9.17, 15) is 10.2 Å². The minimum Gasteiger partial charge on any atom is -0.396 e. The van der Waals surface area contributed by atoms with Crippen molar-refractivity contribution in [2.24, 2.45) is 10.9 Å². The van der Waals surface area contributed by atoms with E-state index >= 15 is 0 Å². The Morgan fingerprint density at radius 1 is 1.50 bits per heavy atom. The normalized spacial score (nSPS) is 30.6. The molecule has 1 aliphatic rings. The van der Waals surface area contributed by atoms with Crippen molar-refractivity contribution >= 4 is 23.1 Å². The van der Waals surface area contributed by atoms with Gasteiger partial charge in [-0.15, -0.1) is 0 Å². The highest BCUT2D eigenvalue weighted by Crippen LogP contribution is 2.41. The number of hydrogen-bond donors (Lipinski definition) is 5. The minimum absolute atomic E-state index is 0.169. The summed E-state index contributed by atoms with van der Waals surface area (Å²) in [7, 11) is 0. The Kier molecular flexibility index (Phi) is 4.13. The number of nitrogen functional groups attached to an aromatic ring is 1. The zero-order chi connectivity index (χ0) is 17.5. The molecule has 0 radical (unpaired) electrons. The molecular weight excluding hydrogens is 316 g/mol. The molecule has 1 aliphatic heterocycles. The quantitative estimate of drug-likeness (QED) is 0.261. The minimum atomic E-state index is -1.59. The largest absolute Gasteiger partial charge is 0.396 e. The average Bonchev–Trinajstić information content (AvgIpc) is 3.00. The Morgan fingerprint density at radius 3 is 2.92 bits per heavy atom. The van der Waals surface area contributed by atoms with Crippen molar-refractivity contribution < 1.29 is 20.1 Å². The maximum Gasteiger partial charge on any atom is 0.166 e. The van der Waals surface area contributed by atoms with Crippen LogP contribution in [0.1, 0.15) is 25.1 Å². The summed E-state index contributed by atoms with van der Waals surface area (Å²) in [6.45, 7) is 1.30. The van der Waals surface area contributed by atoms with E-state index in [4.69, 9.17) is 21.4 Å². The van der Waals surface area contributed by atoms with Crippen LogP contribution in [0.25, 0.3) is 11.0 Å². The highest BCUT2D eigenvalue weighted by Gasteiger charge is 2.53. The van der Waals surface area contributed by atoms with Gasteiger partial charge in [-0.2, -0.15) is 5.10 Å². The number of aliphatic hydroxyl groups is 3. The number of hydrazone groups is 1. The summed E-state index contributed by atoms with van der Waals surface area (Å²) in [5.41, 5.74) is 5.30. The molecule has 4 atom stereocenters. The number of rotatable bonds is 4. The number of anilines is 1. The third-order valence-corrected chi connectivity index (χ3v) is 4.30. The van der Waals surface area contributed by atoms with Gasteiger partial charge in [-0.05, 0) is 13.3 Å². The fourth-order valence-electron chi connectivity index (χ4n) is 3.10. The summed E-state index contributed by atoms with van der Waals surface area (Å²) in [4.78, 5) is 8.15. The van der Waals surface area contributed by atoms with E-state index in [0.29, 0.717) is 16.6 Å². The number of aliphatic hydroxyl groups excluding tert-OH is 2. The van der Waals surface area contributed by atoms with Crippen LogP contribution in [0, 0.1) is 0 Å². The van der Waals surface area contributed by atoms with Gasteiger partial charge in [-0.25, -0.2) is 9.97 Å². The highest BCUT2D eigenvalue weighted by molar-refractivity contribution is 6.02. The van der Waals surface area contributed by atoms with Crippen molar-refractivity contribution in [1.82, 2.24) is 14.5 Å². The molecule has 2 aromatic heterocycles. The van der Waals surface area contributed by atoms with Gasteiger partial charge >= 0.3 is 0 Å². The van der Waals surface area contributed by atoms with Gasteiger partial charge in [0.15, 0.2) is 6.23 Å². The molecule has 2 aromatic rings. The summed E-state index contributed by atoms with van der Waals surface area (Å²) in [5.74, 6) is 5.47. The van der Waals surface area contributed by atoms with Gasteiger partial charge in [-0.3, -0.25) is 0 Å². The van der Waals surface area contributed by atoms with E-state index in [0.717, 1.165) is 0 Å². The maximum absolute atomic E-state index is 10.7. The fourth-order valence-corrected chi connectivity index (χ4v) is 3.10. The van der Waals surface area contributed by atoms with Crippen LogP contribution in [0.3, 0.4) is 0 Å². The zero-order valence-corrected chi connectivity index (χ0v) is 13.1. The number of aromatic nitrogens is 3. The second kappa shape index (κ2) is 5.98. The fraction of sp³-hybridized carbons (Fsp3) is 0.500. The molecule has 1 fully saturated rings. The van der Waals surface area contributed by atoms with Gasteiger partial charge in [-0.1, -0.05) is 0 Å². The SMILES string of the molecule is C[C@@]1(O)C(O)C(CCO)OC1n1cc(/C=N\N)c2c(N)ncnc21. The van der Waals surface area contributed by atoms with E-state index in [-0.39, 0.29) is 18.8 Å². The molecule has 10 nitrogen and oxygen atoms in total. The molecule has 0 saturated carbocycles. The Labute approximate surface area is 137 Å². The lowest BCUT2D eigenvalue weighted by atomic mass is 9.95. The van der Waals surface area contributed by atoms with Crippen molar-refractivity contribution in [3.05, 3.63) is 18.1 Å². The van der Waals surface area contributed by atoms with Crippen molar-refractivity contribution in [1.29, 1.82) is 0 Å². The molecule has 0 aliphatic carbocycles. The van der Waals surface area contributed by atoms with Gasteiger partial charge in [0.2, 0.25) is 0 Å². The third-order valence-electron chi connectivity index (χ3n) is 4.30. The predicted octanol–water partition coefficient (Wildman–Crippen LogP) is -1.30. The number of fused-ring (bicyclic) bond motifs is 1. The molecule has 24 heavy (non-hydrogen) atoms. The molecule has 3 rings (SSSR count). The topological polar surface area (TPSA) is 165 Å². The first-order chi connectivity index (χ1) is 11.4. The second-order valence-corrected chi connectivity index (χ2v) is 5.94. The molecule has 7 N–H and O–H groups in total. The van der Waals surface area contributed by atoms with Crippen LogP contribution in [0.5, 0.6) is 0 Å². The van der Waals surface area contributed by atoms with E-state index in [1.165, 1.54) is 19.5 Å². The standard InChI is InChI=1S/C14H20N6O4/c1-14(23)10(22)8(2-3-21)24-13(14)20-5-7(4-19-16)9-11(15)17-6-18-12(9)20/h4-6,8,10,13,21-23H,2-3,16H2,1H3,(H2,15,17,18)/b19-4-/t8?,10?,13?,14-/m1/s1. The molecule has 130 valence electrons. The summed E-state index contributed by atoms with van der Waals surface area (Å²) < 4.78 is 7.34. The van der Waals surface area contributed by atoms with Crippen molar-refractivity contribution in [2.75, 3.05) is 12.3 Å². The lowest BCUT2D eigenvalue weighted by molar-refractivity contribution is -0.0940. The molecule has 0 amide bonds. The van der Waals surface area contributed by atoms with Gasteiger partial charge in [0.25, 0.3) is 0 Å². The van der Waals surface area contributed by atoms with Crippen LogP contribution in [0.15, 0.2) is 17.6 Å². The maximum atomic E-state index is 10.7. The first-order valence-electron chi connectivity index (χ1n) is 7.42. The number of hydrogen-bond acceptors (Lipinski definition) is 9. The summed E-state index contributed by atoms with van der Waals surface area (Å²) in [6.07, 6.45) is 1.70. The highest BCUT2D eigenvalue weighted by atomic mass is 16.6. The molecule has 3 unspecified atom stereocenters. The van der Waals surface area contributed by atoms with Gasteiger partial charge < -0.3 is 36.2 Å². The van der Waals surface area contributed by atoms with Crippen LogP contribution >= 0.6 is 0 Å². The van der Waals surface area contributed by atoms with Crippen LogP contribution in [0.4, 0.5) is 5.82 Å². The second-order valence-electron chi connectivity index (χ2n) is 5.94. The van der Waals surface area contributed by atoms with E-state index in [1.54, 1.807) is 10.8 Å². The Hall–Kier alpha value is -2.27. The molecule has 0 bridgehead atoms. The van der Waals surface area contributed by atoms with Crippen molar-refractivity contribution in [3.8, 4) is 0 Å². The molecule has 1 saturated heterocycles. The summed E-state index contributed by atoms with van der Waals surface area (Å²) in [5, 5.41) is 34.2. The van der Waals surface area contributed by atoms with Gasteiger partial charge in [0.05, 0.1) is 17.7 Å². The number of nitrogens with zero attached hydrogens (tertiary/aromatic N) is 4. The molecule has 3 heterocycles. The Morgan fingerprint density at radius 2 is 2.25 bits per heavy atom. The van der Waals surface area contributed by atoms with E-state index in [1.807, 2.05) is 0 Å². The third kappa shape index (κ3) is 2.40.